The van der Waals surface area contributed by atoms with Crippen molar-refractivity contribution in [1.29, 1.82) is 5.26 Å². The Morgan fingerprint density at radius 3 is 2.63 bits per heavy atom. The molecule has 0 heterocycles. The molecule has 0 aliphatic carbocycles. The summed E-state index contributed by atoms with van der Waals surface area (Å²) in [6.45, 7) is 0.298. The number of alkyl halides is 3. The predicted octanol–water partition coefficient (Wildman–Crippen LogP) is 3.85. The van der Waals surface area contributed by atoms with Gasteiger partial charge in [0.1, 0.15) is 17.4 Å². The van der Waals surface area contributed by atoms with Crippen molar-refractivity contribution < 1.29 is 22.7 Å². The zero-order chi connectivity index (χ0) is 19.9. The van der Waals surface area contributed by atoms with Crippen molar-refractivity contribution in [3.8, 4) is 11.8 Å². The van der Waals surface area contributed by atoms with E-state index in [0.29, 0.717) is 12.3 Å². The number of hydrogen-bond acceptors (Lipinski definition) is 4. The monoisotopic (exact) mass is 375 g/mol. The molecular formula is C19H16F3N3O2. The lowest BCUT2D eigenvalue weighted by Gasteiger charge is -2.10. The summed E-state index contributed by atoms with van der Waals surface area (Å²) >= 11 is 0. The van der Waals surface area contributed by atoms with Crippen LogP contribution < -0.4 is 15.4 Å². The van der Waals surface area contributed by atoms with E-state index in [-0.39, 0.29) is 11.3 Å². The zero-order valence-electron chi connectivity index (χ0n) is 14.3. The number of nitrogens with zero attached hydrogens (tertiary/aromatic N) is 1. The van der Waals surface area contributed by atoms with Crippen LogP contribution in [0, 0.1) is 11.3 Å². The number of rotatable bonds is 6. The van der Waals surface area contributed by atoms with Crippen LogP contribution in [0.3, 0.4) is 0 Å². The molecule has 2 rings (SSSR count). The molecule has 0 aromatic heterocycles. The molecule has 0 aliphatic rings. The number of anilines is 1. The van der Waals surface area contributed by atoms with Crippen LogP contribution in [0.4, 0.5) is 18.9 Å². The number of hydrogen-bond donors (Lipinski definition) is 2. The summed E-state index contributed by atoms with van der Waals surface area (Å²) in [6.07, 6.45) is -3.32. The van der Waals surface area contributed by atoms with Crippen LogP contribution in [0.25, 0.3) is 0 Å². The van der Waals surface area contributed by atoms with Crippen molar-refractivity contribution in [2.24, 2.45) is 0 Å². The van der Waals surface area contributed by atoms with Gasteiger partial charge in [-0.25, -0.2) is 0 Å². The maximum absolute atomic E-state index is 12.7. The number of amides is 1. The minimum Gasteiger partial charge on any atom is -0.496 e. The highest BCUT2D eigenvalue weighted by Gasteiger charge is 2.30. The summed E-state index contributed by atoms with van der Waals surface area (Å²) in [5, 5.41) is 14.2. The molecule has 0 bridgehead atoms. The van der Waals surface area contributed by atoms with E-state index < -0.39 is 17.6 Å². The van der Waals surface area contributed by atoms with E-state index in [9.17, 15) is 18.0 Å². The Morgan fingerprint density at radius 2 is 1.96 bits per heavy atom. The van der Waals surface area contributed by atoms with Gasteiger partial charge in [-0.3, -0.25) is 4.79 Å². The highest BCUT2D eigenvalue weighted by atomic mass is 19.4. The molecule has 0 saturated heterocycles. The van der Waals surface area contributed by atoms with E-state index in [0.717, 1.165) is 17.7 Å². The number of carbonyl (C=O) groups excluding carboxylic acids is 1. The molecule has 2 aromatic carbocycles. The molecule has 27 heavy (non-hydrogen) atoms. The normalized spacial score (nSPS) is 11.4. The molecule has 0 spiro atoms. The maximum Gasteiger partial charge on any atom is 0.416 e. The van der Waals surface area contributed by atoms with Crippen LogP contribution in [0.2, 0.25) is 0 Å². The van der Waals surface area contributed by atoms with E-state index in [1.54, 1.807) is 18.2 Å². The van der Waals surface area contributed by atoms with Gasteiger partial charge in [-0.2, -0.15) is 18.4 Å². The van der Waals surface area contributed by atoms with Crippen molar-refractivity contribution in [2.75, 3.05) is 12.4 Å². The summed E-state index contributed by atoms with van der Waals surface area (Å²) in [5.41, 5.74) is -0.410. The SMILES string of the molecule is COc1ccccc1CN/C=C(/C#N)C(=O)Nc1cccc(C(F)(F)F)c1. The minimum atomic E-state index is -4.52. The van der Waals surface area contributed by atoms with Gasteiger partial charge in [0.25, 0.3) is 5.91 Å². The molecule has 0 fully saturated rings. The molecule has 5 nitrogen and oxygen atoms in total. The summed E-state index contributed by atoms with van der Waals surface area (Å²) < 4.78 is 43.4. The molecule has 0 radical (unpaired) electrons. The van der Waals surface area contributed by atoms with Crippen molar-refractivity contribution in [3.63, 3.8) is 0 Å². The molecular weight excluding hydrogens is 359 g/mol. The summed E-state index contributed by atoms with van der Waals surface area (Å²) in [5.74, 6) is -0.172. The van der Waals surface area contributed by atoms with Crippen molar-refractivity contribution >= 4 is 11.6 Å². The summed E-state index contributed by atoms with van der Waals surface area (Å²) in [7, 11) is 1.53. The number of ether oxygens (including phenoxy) is 1. The molecule has 1 amide bonds. The Morgan fingerprint density at radius 1 is 1.22 bits per heavy atom. The Balaban J connectivity index is 2.05. The fraction of sp³-hybridized carbons (Fsp3) is 0.158. The van der Waals surface area contributed by atoms with Crippen LogP contribution in [-0.4, -0.2) is 13.0 Å². The van der Waals surface area contributed by atoms with Gasteiger partial charge < -0.3 is 15.4 Å². The van der Waals surface area contributed by atoms with Gasteiger partial charge in [-0.15, -0.1) is 0 Å². The molecule has 8 heteroatoms. The Hall–Kier alpha value is -3.47. The summed E-state index contributed by atoms with van der Waals surface area (Å²) in [4.78, 5) is 12.1. The van der Waals surface area contributed by atoms with Crippen LogP contribution in [-0.2, 0) is 17.5 Å². The molecule has 0 saturated carbocycles. The average Bonchev–Trinajstić information content (AvgIpc) is 2.65. The third-order valence-corrected chi connectivity index (χ3v) is 3.54. The minimum absolute atomic E-state index is 0.0549. The van der Waals surface area contributed by atoms with Gasteiger partial charge in [-0.05, 0) is 24.3 Å². The number of nitrogens with one attached hydrogen (secondary N) is 2. The first-order chi connectivity index (χ1) is 12.8. The van der Waals surface area contributed by atoms with Gasteiger partial charge in [0, 0.05) is 24.0 Å². The van der Waals surface area contributed by atoms with Gasteiger partial charge in [0.05, 0.1) is 12.7 Å². The van der Waals surface area contributed by atoms with Crippen LogP contribution in [0.5, 0.6) is 5.75 Å². The average molecular weight is 375 g/mol. The number of benzene rings is 2. The van der Waals surface area contributed by atoms with Crippen LogP contribution >= 0.6 is 0 Å². The lowest BCUT2D eigenvalue weighted by atomic mass is 10.2. The van der Waals surface area contributed by atoms with Gasteiger partial charge >= 0.3 is 6.18 Å². The topological polar surface area (TPSA) is 74.1 Å². The number of methoxy groups -OCH3 is 1. The Kier molecular flexibility index (Phi) is 6.44. The fourth-order valence-corrected chi connectivity index (χ4v) is 2.23. The maximum atomic E-state index is 12.7. The predicted molar refractivity (Wildman–Crippen MR) is 93.6 cm³/mol. The first kappa shape index (κ1) is 19.8. The number of para-hydroxylation sites is 1. The van der Waals surface area contributed by atoms with Gasteiger partial charge in [0.2, 0.25) is 0 Å². The zero-order valence-corrected chi connectivity index (χ0v) is 14.3. The highest BCUT2D eigenvalue weighted by Crippen LogP contribution is 2.30. The Bertz CT molecular complexity index is 886. The fourth-order valence-electron chi connectivity index (χ4n) is 2.23. The van der Waals surface area contributed by atoms with Crippen molar-refractivity contribution in [3.05, 3.63) is 71.4 Å². The Labute approximate surface area is 154 Å². The van der Waals surface area contributed by atoms with Crippen molar-refractivity contribution in [1.82, 2.24) is 5.32 Å². The highest BCUT2D eigenvalue weighted by molar-refractivity contribution is 6.06. The third kappa shape index (κ3) is 5.51. The first-order valence-electron chi connectivity index (χ1n) is 7.79. The molecule has 2 N–H and O–H groups in total. The quantitative estimate of drug-likeness (QED) is 0.594. The van der Waals surface area contributed by atoms with E-state index in [1.807, 2.05) is 12.1 Å². The lowest BCUT2D eigenvalue weighted by Crippen LogP contribution is -2.17. The molecule has 2 aromatic rings. The van der Waals surface area contributed by atoms with Crippen LogP contribution in [0.1, 0.15) is 11.1 Å². The van der Waals surface area contributed by atoms with E-state index in [1.165, 1.54) is 25.4 Å². The number of halogens is 3. The van der Waals surface area contributed by atoms with Crippen LogP contribution in [0.15, 0.2) is 60.3 Å². The second-order valence-corrected chi connectivity index (χ2v) is 5.40. The van der Waals surface area contributed by atoms with E-state index in [2.05, 4.69) is 10.6 Å². The molecule has 140 valence electrons. The third-order valence-electron chi connectivity index (χ3n) is 3.54. The second kappa shape index (κ2) is 8.76. The smallest absolute Gasteiger partial charge is 0.416 e. The van der Waals surface area contributed by atoms with Gasteiger partial charge in [0.15, 0.2) is 0 Å². The van der Waals surface area contributed by atoms with Gasteiger partial charge in [-0.1, -0.05) is 24.3 Å². The van der Waals surface area contributed by atoms with E-state index in [4.69, 9.17) is 10.00 Å². The standard InChI is InChI=1S/C19H16F3N3O2/c1-27-17-8-3-2-5-13(17)11-24-12-14(10-23)18(26)25-16-7-4-6-15(9-16)19(20,21)22/h2-9,12,24H,11H2,1H3,(H,25,26)/b14-12-. The molecule has 0 aliphatic heterocycles. The van der Waals surface area contributed by atoms with E-state index >= 15 is 0 Å². The molecule has 0 unspecified atom stereocenters. The second-order valence-electron chi connectivity index (χ2n) is 5.40. The van der Waals surface area contributed by atoms with Crippen molar-refractivity contribution in [2.45, 2.75) is 12.7 Å². The number of carbonyl (C=O) groups is 1. The lowest BCUT2D eigenvalue weighted by molar-refractivity contribution is -0.137. The molecule has 0 atom stereocenters. The first-order valence-corrected chi connectivity index (χ1v) is 7.79. The largest absolute Gasteiger partial charge is 0.496 e. The number of nitriles is 1. The summed E-state index contributed by atoms with van der Waals surface area (Å²) in [6, 6.07) is 13.1.